The van der Waals surface area contributed by atoms with Gasteiger partial charge in [-0.3, -0.25) is 4.79 Å². The summed E-state index contributed by atoms with van der Waals surface area (Å²) < 4.78 is 1.69. The molecule has 0 radical (unpaired) electrons. The summed E-state index contributed by atoms with van der Waals surface area (Å²) in [6, 6.07) is 10.1. The number of nitrogens with one attached hydrogen (secondary N) is 1. The number of carbonyl (C=O) groups is 1. The summed E-state index contributed by atoms with van der Waals surface area (Å²) in [5, 5.41) is 7.86. The summed E-state index contributed by atoms with van der Waals surface area (Å²) in [7, 11) is 4.00. The number of nitrogens with zero attached hydrogens (tertiary/aromatic N) is 5. The Labute approximate surface area is 156 Å². The third kappa shape index (κ3) is 4.32. The Morgan fingerprint density at radius 2 is 1.92 bits per heavy atom. The minimum Gasteiger partial charge on any atom is -0.378 e. The minimum atomic E-state index is -0.0496. The number of hydrogen-bond donors (Lipinski definition) is 1. The van der Waals surface area contributed by atoms with E-state index in [1.165, 1.54) is 11.8 Å². The molecule has 2 heterocycles. The zero-order valence-corrected chi connectivity index (χ0v) is 16.2. The maximum Gasteiger partial charge on any atom is 0.253 e. The number of aryl methyl sites for hydroxylation is 2. The summed E-state index contributed by atoms with van der Waals surface area (Å²) in [5.41, 5.74) is 4.07. The Morgan fingerprint density at radius 3 is 2.62 bits per heavy atom. The molecule has 0 bridgehead atoms. The Morgan fingerprint density at radius 1 is 1.19 bits per heavy atom. The molecule has 136 valence electrons. The van der Waals surface area contributed by atoms with Gasteiger partial charge in [0.2, 0.25) is 11.1 Å². The second-order valence-corrected chi connectivity index (χ2v) is 7.21. The van der Waals surface area contributed by atoms with Gasteiger partial charge >= 0.3 is 0 Å². The molecule has 0 saturated heterocycles. The van der Waals surface area contributed by atoms with Crippen LogP contribution in [0.3, 0.4) is 0 Å². The molecule has 0 spiro atoms. The lowest BCUT2D eigenvalue weighted by atomic mass is 10.2. The van der Waals surface area contributed by atoms with Crippen molar-refractivity contribution in [2.75, 3.05) is 24.7 Å². The summed E-state index contributed by atoms with van der Waals surface area (Å²) in [5.74, 6) is 0.780. The first-order valence-electron chi connectivity index (χ1n) is 8.29. The highest BCUT2D eigenvalue weighted by Gasteiger charge is 2.10. The van der Waals surface area contributed by atoms with Gasteiger partial charge in [-0.15, -0.1) is 5.10 Å². The number of hydrogen-bond acceptors (Lipinski definition) is 6. The highest BCUT2D eigenvalue weighted by atomic mass is 32.2. The number of anilines is 1. The van der Waals surface area contributed by atoms with Crippen LogP contribution in [0.1, 0.15) is 17.0 Å². The molecule has 1 aromatic carbocycles. The fraction of sp³-hybridized carbons (Fsp3) is 0.333. The Balaban J connectivity index is 1.53. The number of carbonyl (C=O) groups excluding carboxylic acids is 1. The average Bonchev–Trinajstić information content (AvgIpc) is 3.01. The van der Waals surface area contributed by atoms with Gasteiger partial charge in [0, 0.05) is 37.7 Å². The quantitative estimate of drug-likeness (QED) is 0.671. The standard InChI is InChI=1S/C18H22N6OS/c1-12-9-13(2)24-17(20-12)21-18(22-24)26-11-16(25)19-10-14-5-7-15(8-6-14)23(3)4/h5-9H,10-11H2,1-4H3,(H,19,25). The van der Waals surface area contributed by atoms with Crippen LogP contribution in [0.15, 0.2) is 35.5 Å². The average molecular weight is 370 g/mol. The van der Waals surface area contributed by atoms with Crippen molar-refractivity contribution in [3.8, 4) is 0 Å². The first kappa shape index (κ1) is 18.2. The van der Waals surface area contributed by atoms with Crippen LogP contribution in [0.2, 0.25) is 0 Å². The molecule has 0 fully saturated rings. The van der Waals surface area contributed by atoms with Crippen molar-refractivity contribution in [3.05, 3.63) is 47.3 Å². The number of benzene rings is 1. The molecule has 7 nitrogen and oxygen atoms in total. The highest BCUT2D eigenvalue weighted by Crippen LogP contribution is 2.15. The lowest BCUT2D eigenvalue weighted by molar-refractivity contribution is -0.118. The molecule has 1 amide bonds. The normalized spacial score (nSPS) is 10.9. The summed E-state index contributed by atoms with van der Waals surface area (Å²) in [6.07, 6.45) is 0. The molecule has 0 unspecified atom stereocenters. The first-order chi connectivity index (χ1) is 12.4. The van der Waals surface area contributed by atoms with E-state index in [-0.39, 0.29) is 11.7 Å². The smallest absolute Gasteiger partial charge is 0.253 e. The van der Waals surface area contributed by atoms with E-state index in [2.05, 4.69) is 20.4 Å². The molecular formula is C18H22N6OS. The number of thioether (sulfide) groups is 1. The maximum absolute atomic E-state index is 12.1. The van der Waals surface area contributed by atoms with Gasteiger partial charge in [-0.1, -0.05) is 23.9 Å². The van der Waals surface area contributed by atoms with E-state index in [1.54, 1.807) is 4.52 Å². The molecule has 2 aromatic heterocycles. The van der Waals surface area contributed by atoms with Gasteiger partial charge in [-0.2, -0.15) is 4.98 Å². The first-order valence-corrected chi connectivity index (χ1v) is 9.28. The topological polar surface area (TPSA) is 75.4 Å². The van der Waals surface area contributed by atoms with E-state index in [1.807, 2.05) is 63.2 Å². The predicted molar refractivity (Wildman–Crippen MR) is 104 cm³/mol. The molecule has 1 N–H and O–H groups in total. The van der Waals surface area contributed by atoms with E-state index in [4.69, 9.17) is 0 Å². The second kappa shape index (κ2) is 7.74. The van der Waals surface area contributed by atoms with Gasteiger partial charge in [0.15, 0.2) is 0 Å². The molecule has 0 aliphatic heterocycles. The van der Waals surface area contributed by atoms with E-state index in [9.17, 15) is 4.79 Å². The van der Waals surface area contributed by atoms with Crippen LogP contribution in [0.5, 0.6) is 0 Å². The zero-order chi connectivity index (χ0) is 18.7. The van der Waals surface area contributed by atoms with Crippen LogP contribution in [0, 0.1) is 13.8 Å². The van der Waals surface area contributed by atoms with Crippen LogP contribution < -0.4 is 10.2 Å². The van der Waals surface area contributed by atoms with E-state index >= 15 is 0 Å². The van der Waals surface area contributed by atoms with Crippen molar-refractivity contribution in [1.29, 1.82) is 0 Å². The lowest BCUT2D eigenvalue weighted by Gasteiger charge is -2.12. The molecule has 0 aliphatic rings. The molecule has 3 aromatic rings. The van der Waals surface area contributed by atoms with Gasteiger partial charge in [0.25, 0.3) is 5.78 Å². The van der Waals surface area contributed by atoms with Crippen LogP contribution in [0.25, 0.3) is 5.78 Å². The zero-order valence-electron chi connectivity index (χ0n) is 15.4. The Bertz CT molecular complexity index is 919. The molecule has 8 heteroatoms. The van der Waals surface area contributed by atoms with Crippen LogP contribution in [-0.2, 0) is 11.3 Å². The molecule has 3 rings (SSSR count). The highest BCUT2D eigenvalue weighted by molar-refractivity contribution is 7.99. The third-order valence-electron chi connectivity index (χ3n) is 3.87. The van der Waals surface area contributed by atoms with E-state index in [0.717, 1.165) is 22.6 Å². The van der Waals surface area contributed by atoms with Gasteiger partial charge in [0.1, 0.15) is 0 Å². The van der Waals surface area contributed by atoms with Gasteiger partial charge < -0.3 is 10.2 Å². The molecule has 0 atom stereocenters. The Kier molecular flexibility index (Phi) is 5.41. The van der Waals surface area contributed by atoms with Crippen LogP contribution in [-0.4, -0.2) is 45.3 Å². The molecule has 26 heavy (non-hydrogen) atoms. The fourth-order valence-electron chi connectivity index (χ4n) is 2.50. The summed E-state index contributed by atoms with van der Waals surface area (Å²) >= 11 is 1.31. The second-order valence-electron chi connectivity index (χ2n) is 6.27. The summed E-state index contributed by atoms with van der Waals surface area (Å²) in [4.78, 5) is 22.8. The number of amides is 1. The molecule has 0 saturated carbocycles. The SMILES string of the molecule is Cc1cc(C)n2nc(SCC(=O)NCc3ccc(N(C)C)cc3)nc2n1. The predicted octanol–water partition coefficient (Wildman–Crippen LogP) is 2.22. The molecular weight excluding hydrogens is 348 g/mol. The van der Waals surface area contributed by atoms with Crippen LogP contribution in [0.4, 0.5) is 5.69 Å². The number of aromatic nitrogens is 4. The minimum absolute atomic E-state index is 0.0496. The van der Waals surface area contributed by atoms with Gasteiger partial charge in [-0.05, 0) is 37.6 Å². The fourth-order valence-corrected chi connectivity index (χ4v) is 3.15. The van der Waals surface area contributed by atoms with Crippen molar-refractivity contribution < 1.29 is 4.79 Å². The molecule has 0 aliphatic carbocycles. The van der Waals surface area contributed by atoms with Crippen molar-refractivity contribution in [3.63, 3.8) is 0 Å². The van der Waals surface area contributed by atoms with E-state index in [0.29, 0.717) is 17.5 Å². The van der Waals surface area contributed by atoms with Gasteiger partial charge in [-0.25, -0.2) is 9.50 Å². The Hall–Kier alpha value is -2.61. The van der Waals surface area contributed by atoms with E-state index < -0.39 is 0 Å². The van der Waals surface area contributed by atoms with Crippen molar-refractivity contribution in [2.24, 2.45) is 0 Å². The van der Waals surface area contributed by atoms with Crippen LogP contribution >= 0.6 is 11.8 Å². The van der Waals surface area contributed by atoms with Gasteiger partial charge in [0.05, 0.1) is 5.75 Å². The monoisotopic (exact) mass is 370 g/mol. The van der Waals surface area contributed by atoms with Crippen molar-refractivity contribution in [2.45, 2.75) is 25.5 Å². The lowest BCUT2D eigenvalue weighted by Crippen LogP contribution is -2.24. The largest absolute Gasteiger partial charge is 0.378 e. The summed E-state index contributed by atoms with van der Waals surface area (Å²) in [6.45, 7) is 4.39. The maximum atomic E-state index is 12.1. The van der Waals surface area contributed by atoms with Crippen molar-refractivity contribution >= 4 is 29.1 Å². The number of fused-ring (bicyclic) bond motifs is 1. The van der Waals surface area contributed by atoms with Crippen molar-refractivity contribution in [1.82, 2.24) is 24.9 Å². The number of rotatable bonds is 6. The third-order valence-corrected chi connectivity index (χ3v) is 4.71.